The summed E-state index contributed by atoms with van der Waals surface area (Å²) < 4.78 is 48.2. The molecule has 0 spiro atoms. The van der Waals surface area contributed by atoms with Crippen molar-refractivity contribution in [2.24, 2.45) is 0 Å². The Hall–Kier alpha value is -2.80. The van der Waals surface area contributed by atoms with Gasteiger partial charge < -0.3 is 10.1 Å². The number of halogens is 3. The molecule has 3 heterocycles. The molecule has 0 bridgehead atoms. The molecule has 1 saturated heterocycles. The van der Waals surface area contributed by atoms with Gasteiger partial charge in [0.1, 0.15) is 6.04 Å². The topological polar surface area (TPSA) is 109 Å². The van der Waals surface area contributed by atoms with Crippen molar-refractivity contribution < 1.29 is 27.5 Å². The second-order valence-corrected chi connectivity index (χ2v) is 8.38. The number of aromatic nitrogens is 3. The third-order valence-electron chi connectivity index (χ3n) is 5.23. The average Bonchev–Trinajstić information content (AvgIpc) is 3.33. The lowest BCUT2D eigenvalue weighted by Gasteiger charge is -2.31. The normalized spacial score (nSPS) is 21.2. The number of H-pyrrole nitrogens is 1. The highest BCUT2D eigenvalue weighted by atomic mass is 32.2. The molecule has 2 unspecified atom stereocenters. The molecule has 0 radical (unpaired) electrons. The second kappa shape index (κ2) is 8.98. The Labute approximate surface area is 184 Å². The van der Waals surface area contributed by atoms with Crippen LogP contribution in [0.15, 0.2) is 34.2 Å². The Balaban J connectivity index is 1.58. The zero-order chi connectivity index (χ0) is 22.9. The van der Waals surface area contributed by atoms with Crippen molar-refractivity contribution in [1.29, 1.82) is 0 Å². The van der Waals surface area contributed by atoms with Crippen molar-refractivity contribution in [1.82, 2.24) is 14.8 Å². The number of alkyl halides is 3. The van der Waals surface area contributed by atoms with E-state index in [2.05, 4.69) is 15.5 Å². The lowest BCUT2D eigenvalue weighted by atomic mass is 10.1. The second-order valence-electron chi connectivity index (χ2n) is 7.44. The molecule has 2 aliphatic rings. The maximum absolute atomic E-state index is 13.8. The number of fused-ring (bicyclic) bond motifs is 1. The van der Waals surface area contributed by atoms with Crippen molar-refractivity contribution in [3.8, 4) is 0 Å². The summed E-state index contributed by atoms with van der Waals surface area (Å²) in [7, 11) is 0. The molecule has 13 heteroatoms. The van der Waals surface area contributed by atoms with Crippen LogP contribution in [0.25, 0.3) is 0 Å². The maximum atomic E-state index is 13.8. The molecular formula is C19H20F3N5O4S. The molecule has 2 amide bonds. The zero-order valence-electron chi connectivity index (χ0n) is 16.7. The number of hydrogen-bond acceptors (Lipinski definition) is 6. The van der Waals surface area contributed by atoms with Crippen molar-refractivity contribution in [3.63, 3.8) is 0 Å². The summed E-state index contributed by atoms with van der Waals surface area (Å²) in [6.07, 6.45) is -4.24. The number of nitrogens with zero attached hydrogens (tertiary/aromatic N) is 3. The number of rotatable bonds is 5. The lowest BCUT2D eigenvalue weighted by Crippen LogP contribution is -2.50. The predicted molar refractivity (Wildman–Crippen MR) is 110 cm³/mol. The highest BCUT2D eigenvalue weighted by Gasteiger charge is 2.49. The van der Waals surface area contributed by atoms with Crippen LogP contribution in [0.1, 0.15) is 19.3 Å². The number of nitrogens with one attached hydrogen (secondary N) is 2. The number of benzene rings is 1. The number of thioether (sulfide) groups is 1. The van der Waals surface area contributed by atoms with Gasteiger partial charge in [-0.25, -0.2) is 9.89 Å². The molecule has 4 rings (SSSR count). The van der Waals surface area contributed by atoms with Crippen molar-refractivity contribution in [3.05, 3.63) is 34.7 Å². The van der Waals surface area contributed by atoms with Crippen LogP contribution in [-0.2, 0) is 20.9 Å². The summed E-state index contributed by atoms with van der Waals surface area (Å²) >= 11 is 0.849. The van der Waals surface area contributed by atoms with Gasteiger partial charge in [0.05, 0.1) is 36.2 Å². The fraction of sp³-hybridized carbons (Fsp3) is 0.474. The number of ether oxygens (including phenoxy) is 1. The first-order chi connectivity index (χ1) is 15.2. The number of para-hydroxylation sites is 2. The molecular weight excluding hydrogens is 451 g/mol. The van der Waals surface area contributed by atoms with E-state index in [1.165, 1.54) is 22.8 Å². The highest BCUT2D eigenvalue weighted by molar-refractivity contribution is 7.99. The summed E-state index contributed by atoms with van der Waals surface area (Å²) in [6.45, 7) is 0.834. The van der Waals surface area contributed by atoms with E-state index < -0.39 is 41.9 Å². The number of aromatic amines is 1. The Morgan fingerprint density at radius 1 is 1.28 bits per heavy atom. The minimum absolute atomic E-state index is 0.0370. The number of anilines is 2. The van der Waals surface area contributed by atoms with Crippen LogP contribution in [0, 0.1) is 0 Å². The SMILES string of the molecule is O=C1CC(C(F)(F)F)N(C(=O)CSc2n[nH]c(=O)n2CC2CCCO2)c2ccccc2N1. The van der Waals surface area contributed by atoms with Gasteiger partial charge in [-0.15, -0.1) is 5.10 Å². The summed E-state index contributed by atoms with van der Waals surface area (Å²) in [5.41, 5.74) is -0.402. The summed E-state index contributed by atoms with van der Waals surface area (Å²) in [5.74, 6) is -2.11. The fourth-order valence-electron chi connectivity index (χ4n) is 3.76. The van der Waals surface area contributed by atoms with Gasteiger partial charge in [-0.1, -0.05) is 23.9 Å². The van der Waals surface area contributed by atoms with Gasteiger partial charge in [0.2, 0.25) is 11.8 Å². The number of amides is 2. The molecule has 1 aromatic heterocycles. The van der Waals surface area contributed by atoms with Gasteiger partial charge in [0.15, 0.2) is 5.16 Å². The van der Waals surface area contributed by atoms with Crippen LogP contribution in [0.3, 0.4) is 0 Å². The Morgan fingerprint density at radius 3 is 2.78 bits per heavy atom. The van der Waals surface area contributed by atoms with E-state index in [1.807, 2.05) is 0 Å². The van der Waals surface area contributed by atoms with Gasteiger partial charge in [-0.3, -0.25) is 19.1 Å². The summed E-state index contributed by atoms with van der Waals surface area (Å²) in [5, 5.41) is 8.79. The molecule has 0 aliphatic carbocycles. The highest BCUT2D eigenvalue weighted by Crippen LogP contribution is 2.38. The largest absolute Gasteiger partial charge is 0.409 e. The average molecular weight is 471 g/mol. The predicted octanol–water partition coefficient (Wildman–Crippen LogP) is 2.15. The first-order valence-electron chi connectivity index (χ1n) is 9.91. The van der Waals surface area contributed by atoms with Crippen LogP contribution < -0.4 is 15.9 Å². The Kier molecular flexibility index (Phi) is 6.29. The first kappa shape index (κ1) is 22.4. The molecule has 32 heavy (non-hydrogen) atoms. The molecule has 2 aromatic rings. The van der Waals surface area contributed by atoms with Crippen LogP contribution in [0.5, 0.6) is 0 Å². The van der Waals surface area contributed by atoms with Gasteiger partial charge in [0, 0.05) is 6.61 Å². The van der Waals surface area contributed by atoms with Crippen LogP contribution >= 0.6 is 11.8 Å². The zero-order valence-corrected chi connectivity index (χ0v) is 17.5. The number of carbonyl (C=O) groups excluding carboxylic acids is 2. The fourth-order valence-corrected chi connectivity index (χ4v) is 4.57. The minimum atomic E-state index is -4.82. The third-order valence-corrected chi connectivity index (χ3v) is 6.19. The van der Waals surface area contributed by atoms with E-state index in [-0.39, 0.29) is 29.2 Å². The van der Waals surface area contributed by atoms with Gasteiger partial charge in [0.25, 0.3) is 0 Å². The molecule has 2 atom stereocenters. The number of carbonyl (C=O) groups is 2. The Bertz CT molecular complexity index is 1060. The van der Waals surface area contributed by atoms with E-state index in [1.54, 1.807) is 6.07 Å². The maximum Gasteiger partial charge on any atom is 0.409 e. The van der Waals surface area contributed by atoms with Crippen molar-refractivity contribution >= 4 is 35.0 Å². The third kappa shape index (κ3) is 4.67. The minimum Gasteiger partial charge on any atom is -0.376 e. The van der Waals surface area contributed by atoms with Crippen LogP contribution in [-0.4, -0.2) is 57.3 Å². The molecule has 9 nitrogen and oxygen atoms in total. The molecule has 0 saturated carbocycles. The molecule has 172 valence electrons. The Morgan fingerprint density at radius 2 is 2.06 bits per heavy atom. The van der Waals surface area contributed by atoms with Crippen LogP contribution in [0.2, 0.25) is 0 Å². The molecule has 1 fully saturated rings. The smallest absolute Gasteiger partial charge is 0.376 e. The van der Waals surface area contributed by atoms with E-state index in [4.69, 9.17) is 4.74 Å². The van der Waals surface area contributed by atoms with Gasteiger partial charge in [-0.2, -0.15) is 13.2 Å². The number of hydrogen-bond donors (Lipinski definition) is 2. The first-order valence-corrected chi connectivity index (χ1v) is 10.9. The van der Waals surface area contributed by atoms with E-state index >= 15 is 0 Å². The molecule has 2 aliphatic heterocycles. The van der Waals surface area contributed by atoms with E-state index in [0.29, 0.717) is 11.5 Å². The summed E-state index contributed by atoms with van der Waals surface area (Å²) in [4.78, 5) is 37.8. The van der Waals surface area contributed by atoms with Gasteiger partial charge >= 0.3 is 11.9 Å². The monoisotopic (exact) mass is 471 g/mol. The van der Waals surface area contributed by atoms with Crippen LogP contribution in [0.4, 0.5) is 24.5 Å². The quantitative estimate of drug-likeness (QED) is 0.647. The van der Waals surface area contributed by atoms with E-state index in [9.17, 15) is 27.6 Å². The van der Waals surface area contributed by atoms with Crippen molar-refractivity contribution in [2.45, 2.75) is 49.3 Å². The van der Waals surface area contributed by atoms with Crippen molar-refractivity contribution in [2.75, 3.05) is 22.6 Å². The van der Waals surface area contributed by atoms with Gasteiger partial charge in [-0.05, 0) is 25.0 Å². The lowest BCUT2D eigenvalue weighted by molar-refractivity contribution is -0.157. The summed E-state index contributed by atoms with van der Waals surface area (Å²) in [6, 6.07) is 3.52. The standard InChI is InChI=1S/C19H20F3N5O4S/c20-19(21,22)14-8-15(28)23-12-5-1-2-6-13(12)27(14)16(29)10-32-18-25-24-17(30)26(18)9-11-4-3-7-31-11/h1-2,5-6,11,14H,3-4,7-10H2,(H,23,28)(H,24,30). The molecule has 1 aromatic carbocycles. The molecule has 2 N–H and O–H groups in total. The van der Waals surface area contributed by atoms with E-state index in [0.717, 1.165) is 24.6 Å².